The highest BCUT2D eigenvalue weighted by molar-refractivity contribution is 8.00. The first kappa shape index (κ1) is 28.1. The number of β-lactam (4-membered cyclic amide) rings is 1. The van der Waals surface area contributed by atoms with E-state index in [2.05, 4.69) is 24.8 Å². The van der Waals surface area contributed by atoms with Crippen LogP contribution in [0.2, 0.25) is 0 Å². The van der Waals surface area contributed by atoms with Crippen LogP contribution >= 0.6 is 23.3 Å². The summed E-state index contributed by atoms with van der Waals surface area (Å²) in [4.78, 5) is 62.4. The van der Waals surface area contributed by atoms with Crippen LogP contribution in [0.5, 0.6) is 5.75 Å². The second-order valence-electron chi connectivity index (χ2n) is 9.45. The third-order valence-corrected chi connectivity index (χ3v) is 8.02. The molecule has 2 aliphatic rings. The summed E-state index contributed by atoms with van der Waals surface area (Å²) in [5.74, 6) is -3.00. The Morgan fingerprint density at radius 1 is 1.41 bits per heavy atom. The number of H-pyrrole nitrogens is 1. The number of thioether (sulfide) groups is 1. The lowest BCUT2D eigenvalue weighted by Crippen LogP contribution is -2.71. The fraction of sp³-hybridized carbons (Fsp3) is 0.409. The van der Waals surface area contributed by atoms with Crippen LogP contribution in [0.4, 0.5) is 5.13 Å². The molecular weight excluding hydrogens is 552 g/mol. The Morgan fingerprint density at radius 2 is 2.15 bits per heavy atom. The first-order valence-electron chi connectivity index (χ1n) is 11.5. The molecule has 208 valence electrons. The van der Waals surface area contributed by atoms with Crippen LogP contribution < -0.4 is 21.6 Å². The summed E-state index contributed by atoms with van der Waals surface area (Å²) < 4.78 is 4.29. The van der Waals surface area contributed by atoms with E-state index in [1.54, 1.807) is 0 Å². The van der Waals surface area contributed by atoms with E-state index < -0.39 is 34.6 Å². The summed E-state index contributed by atoms with van der Waals surface area (Å²) in [6, 6.07) is 0.308. The van der Waals surface area contributed by atoms with Crippen molar-refractivity contribution in [2.75, 3.05) is 45.8 Å². The van der Waals surface area contributed by atoms with Crippen LogP contribution in [0.15, 0.2) is 33.5 Å². The average Bonchev–Trinajstić information content (AvgIpc) is 3.31. The molecule has 2 aromatic heterocycles. The normalized spacial score (nSPS) is 19.4. The lowest BCUT2D eigenvalue weighted by Gasteiger charge is -2.51. The number of amides is 2. The standard InChI is InChI=1S/C22H26N8O7S2/c1-30(2,5-4-11-6-12(31)13(32)7-24-11)8-10-9-38-20-15(19(34)29(20)16(10)21(35)36)25-18(33)14(27-37-3)17-26-22(23)39-28-17/h6-7,15,20H,4-5,8-9H2,1-3H3,(H5-,23,24,25,26,27,28,31,32,33,35,36). The van der Waals surface area contributed by atoms with Gasteiger partial charge in [-0.1, -0.05) is 5.16 Å². The molecule has 2 aromatic rings. The van der Waals surface area contributed by atoms with Gasteiger partial charge in [0.25, 0.3) is 11.8 Å². The average molecular weight is 579 g/mol. The highest BCUT2D eigenvalue weighted by Gasteiger charge is 2.53. The monoisotopic (exact) mass is 578 g/mol. The maximum absolute atomic E-state index is 13.0. The molecule has 1 saturated heterocycles. The third kappa shape index (κ3) is 5.89. The molecule has 17 heteroatoms. The van der Waals surface area contributed by atoms with Crippen molar-refractivity contribution in [3.05, 3.63) is 45.3 Å². The zero-order valence-corrected chi connectivity index (χ0v) is 22.8. The number of pyridine rings is 1. The fourth-order valence-corrected chi connectivity index (χ4v) is 6.05. The Morgan fingerprint density at radius 3 is 2.77 bits per heavy atom. The van der Waals surface area contributed by atoms with E-state index in [1.165, 1.54) is 31.1 Å². The number of anilines is 1. The SMILES string of the molecule is CO/N=C(/C(=O)NC1C(=O)N2C(C(=O)[O-])=C(C[N+](C)(C)CCc3cc(=O)c(O)c[nH]3)CSC12)c1nsc(N)n1. The van der Waals surface area contributed by atoms with E-state index in [-0.39, 0.29) is 28.1 Å². The summed E-state index contributed by atoms with van der Waals surface area (Å²) in [6.45, 7) is 0.829. The van der Waals surface area contributed by atoms with Crippen LogP contribution in [-0.2, 0) is 25.6 Å². The largest absolute Gasteiger partial charge is 0.543 e. The quantitative estimate of drug-likeness (QED) is 0.101. The van der Waals surface area contributed by atoms with Gasteiger partial charge in [-0.3, -0.25) is 19.3 Å². The number of hydrogen-bond donors (Lipinski definition) is 4. The number of fused-ring (bicyclic) bond motifs is 1. The van der Waals surface area contributed by atoms with E-state index in [0.717, 1.165) is 16.4 Å². The molecule has 4 heterocycles. The van der Waals surface area contributed by atoms with Gasteiger partial charge in [0, 0.05) is 47.2 Å². The van der Waals surface area contributed by atoms with Crippen LogP contribution in [0.3, 0.4) is 0 Å². The van der Waals surface area contributed by atoms with Crippen molar-refractivity contribution in [1.29, 1.82) is 0 Å². The first-order chi connectivity index (χ1) is 18.4. The highest BCUT2D eigenvalue weighted by atomic mass is 32.2. The zero-order chi connectivity index (χ0) is 28.5. The number of hydrogen-bond acceptors (Lipinski definition) is 13. The number of nitrogen functional groups attached to an aromatic ring is 1. The van der Waals surface area contributed by atoms with E-state index in [1.807, 2.05) is 14.1 Å². The zero-order valence-electron chi connectivity index (χ0n) is 21.2. The lowest BCUT2D eigenvalue weighted by molar-refractivity contribution is -0.885. The van der Waals surface area contributed by atoms with E-state index in [4.69, 9.17) is 10.6 Å². The van der Waals surface area contributed by atoms with Crippen molar-refractivity contribution in [3.63, 3.8) is 0 Å². The number of aromatic hydroxyl groups is 1. The minimum Gasteiger partial charge on any atom is -0.543 e. The number of carbonyl (C=O) groups is 3. The molecule has 39 heavy (non-hydrogen) atoms. The lowest BCUT2D eigenvalue weighted by atomic mass is 10.0. The number of carboxylic acids is 1. The van der Waals surface area contributed by atoms with Crippen molar-refractivity contribution in [1.82, 2.24) is 24.6 Å². The van der Waals surface area contributed by atoms with Crippen LogP contribution in [0.25, 0.3) is 0 Å². The molecule has 0 saturated carbocycles. The molecule has 5 N–H and O–H groups in total. The van der Waals surface area contributed by atoms with Crippen LogP contribution in [0.1, 0.15) is 11.5 Å². The van der Waals surface area contributed by atoms with Gasteiger partial charge in [0.2, 0.25) is 17.0 Å². The Kier molecular flexibility index (Phi) is 7.94. The van der Waals surface area contributed by atoms with Gasteiger partial charge in [-0.25, -0.2) is 0 Å². The summed E-state index contributed by atoms with van der Waals surface area (Å²) in [6.07, 6.45) is 1.69. The molecule has 0 aromatic carbocycles. The number of quaternary nitrogens is 1. The number of oxime groups is 1. The molecule has 0 spiro atoms. The smallest absolute Gasteiger partial charge is 0.278 e. The predicted molar refractivity (Wildman–Crippen MR) is 139 cm³/mol. The number of aromatic amines is 1. The topological polar surface area (TPSA) is 216 Å². The number of aliphatic carboxylic acids is 1. The highest BCUT2D eigenvalue weighted by Crippen LogP contribution is 2.40. The molecule has 2 atom stereocenters. The van der Waals surface area contributed by atoms with Gasteiger partial charge in [0.05, 0.1) is 32.3 Å². The van der Waals surface area contributed by atoms with Gasteiger partial charge in [-0.15, -0.1) is 11.8 Å². The minimum absolute atomic E-state index is 0.0641. The molecule has 0 aliphatic carbocycles. The maximum atomic E-state index is 13.0. The fourth-order valence-electron chi connectivity index (χ4n) is 4.28. The molecule has 4 rings (SSSR count). The molecular formula is C22H26N8O7S2. The van der Waals surface area contributed by atoms with E-state index in [0.29, 0.717) is 41.0 Å². The Bertz CT molecular complexity index is 1430. The third-order valence-electron chi connectivity index (χ3n) is 6.14. The number of nitrogens with one attached hydrogen (secondary N) is 2. The van der Waals surface area contributed by atoms with Crippen molar-refractivity contribution in [2.45, 2.75) is 17.8 Å². The second kappa shape index (κ2) is 11.0. The van der Waals surface area contributed by atoms with Crippen LogP contribution in [0, 0.1) is 0 Å². The van der Waals surface area contributed by atoms with E-state index >= 15 is 0 Å². The molecule has 2 aliphatic heterocycles. The molecule has 15 nitrogen and oxygen atoms in total. The van der Waals surface area contributed by atoms with Gasteiger partial charge < -0.3 is 40.4 Å². The van der Waals surface area contributed by atoms with Gasteiger partial charge in [-0.2, -0.15) is 9.36 Å². The number of likely N-dealkylation sites (N-methyl/N-ethyl adjacent to an activating group) is 1. The van der Waals surface area contributed by atoms with Crippen molar-refractivity contribution >= 4 is 51.9 Å². The Labute approximate surface area is 230 Å². The maximum Gasteiger partial charge on any atom is 0.278 e. The summed E-state index contributed by atoms with van der Waals surface area (Å²) in [5, 5.41) is 27.2. The van der Waals surface area contributed by atoms with Crippen molar-refractivity contribution in [3.8, 4) is 5.75 Å². The number of rotatable bonds is 10. The predicted octanol–water partition coefficient (Wildman–Crippen LogP) is -2.41. The number of nitrogens with zero attached hydrogens (tertiary/aromatic N) is 5. The summed E-state index contributed by atoms with van der Waals surface area (Å²) >= 11 is 2.18. The van der Waals surface area contributed by atoms with Crippen LogP contribution in [-0.4, -0.2) is 104 Å². The Hall–Kier alpha value is -3.96. The number of carbonyl (C=O) groups excluding carboxylic acids is 3. The van der Waals surface area contributed by atoms with Gasteiger partial charge in [0.15, 0.2) is 10.9 Å². The van der Waals surface area contributed by atoms with Gasteiger partial charge >= 0.3 is 0 Å². The summed E-state index contributed by atoms with van der Waals surface area (Å²) in [7, 11) is 5.02. The van der Waals surface area contributed by atoms with E-state index in [9.17, 15) is 29.4 Å². The molecule has 2 unspecified atom stereocenters. The van der Waals surface area contributed by atoms with Crippen molar-refractivity contribution < 1.29 is 33.9 Å². The molecule has 1 fully saturated rings. The molecule has 2 amide bonds. The van der Waals surface area contributed by atoms with Crippen molar-refractivity contribution in [2.24, 2.45) is 5.16 Å². The van der Waals surface area contributed by atoms with Gasteiger partial charge in [0.1, 0.15) is 25.1 Å². The number of nitrogens with two attached hydrogens (primary N) is 1. The molecule has 0 radical (unpaired) electrons. The summed E-state index contributed by atoms with van der Waals surface area (Å²) in [5.41, 5.74) is 5.75. The Balaban J connectivity index is 1.47. The van der Waals surface area contributed by atoms with Gasteiger partial charge in [-0.05, 0) is 0 Å². The number of aromatic nitrogens is 3. The number of carboxylic acid groups (broad SMARTS) is 1. The molecule has 0 bridgehead atoms. The first-order valence-corrected chi connectivity index (χ1v) is 13.4. The second-order valence-corrected chi connectivity index (χ2v) is 11.3. The minimum atomic E-state index is -1.49.